The fourth-order valence-electron chi connectivity index (χ4n) is 1.01. The van der Waals surface area contributed by atoms with E-state index in [2.05, 4.69) is 10.1 Å². The van der Waals surface area contributed by atoms with Gasteiger partial charge in [-0.1, -0.05) is 6.92 Å². The lowest BCUT2D eigenvalue weighted by molar-refractivity contribution is -0.148. The number of hydrogen-bond donors (Lipinski definition) is 2. The van der Waals surface area contributed by atoms with Gasteiger partial charge in [0.05, 0.1) is 6.61 Å². The number of carbonyl (C=O) groups excluding carboxylic acids is 2. The van der Waals surface area contributed by atoms with Crippen molar-refractivity contribution in [3.63, 3.8) is 0 Å². The minimum absolute atomic E-state index is 0.00192. The molecule has 2 atom stereocenters. The number of nitrogens with two attached hydrogens (primary N) is 1. The van der Waals surface area contributed by atoms with Crippen LogP contribution < -0.4 is 11.1 Å². The number of nitrogens with one attached hydrogen (secondary N) is 1. The third kappa shape index (κ3) is 5.97. The van der Waals surface area contributed by atoms with Crippen LogP contribution in [0.5, 0.6) is 0 Å². The zero-order valence-electron chi connectivity index (χ0n) is 9.99. The maximum atomic E-state index is 11.5. The van der Waals surface area contributed by atoms with E-state index in [1.165, 1.54) is 0 Å². The summed E-state index contributed by atoms with van der Waals surface area (Å²) in [7, 11) is 0. The van der Waals surface area contributed by atoms with E-state index < -0.39 is 17.9 Å². The van der Waals surface area contributed by atoms with E-state index in [-0.39, 0.29) is 12.6 Å². The molecule has 0 aliphatic carbocycles. The van der Waals surface area contributed by atoms with E-state index in [1.54, 1.807) is 18.7 Å². The quantitative estimate of drug-likeness (QED) is 0.494. The minimum Gasteiger partial charge on any atom is -0.464 e. The summed E-state index contributed by atoms with van der Waals surface area (Å²) >= 11 is 1.72. The van der Waals surface area contributed by atoms with Gasteiger partial charge in [-0.05, 0) is 19.6 Å². The molecule has 6 heteroatoms. The Kier molecular flexibility index (Phi) is 8.01. The first-order valence-electron chi connectivity index (χ1n) is 5.33. The van der Waals surface area contributed by atoms with Gasteiger partial charge < -0.3 is 15.8 Å². The number of rotatable bonds is 7. The monoisotopic (exact) mass is 248 g/mol. The smallest absolute Gasteiger partial charge is 0.332 e. The Morgan fingerprint density at radius 1 is 1.44 bits per heavy atom. The van der Waals surface area contributed by atoms with Gasteiger partial charge in [0.1, 0.15) is 0 Å². The topological polar surface area (TPSA) is 81.4 Å². The zero-order valence-corrected chi connectivity index (χ0v) is 10.8. The molecule has 0 aromatic rings. The summed E-state index contributed by atoms with van der Waals surface area (Å²) in [5.41, 5.74) is 5.43. The fraction of sp³-hybridized carbons (Fsp3) is 0.800. The molecule has 0 aliphatic heterocycles. The van der Waals surface area contributed by atoms with Gasteiger partial charge in [-0.25, -0.2) is 4.79 Å². The number of hydrogen-bond acceptors (Lipinski definition) is 5. The molecule has 0 rings (SSSR count). The van der Waals surface area contributed by atoms with Gasteiger partial charge >= 0.3 is 5.97 Å². The molecule has 0 aromatic carbocycles. The van der Waals surface area contributed by atoms with Crippen LogP contribution in [0.4, 0.5) is 0 Å². The molecule has 0 radical (unpaired) electrons. The minimum atomic E-state index is -1.23. The molecule has 3 N–H and O–H groups in total. The predicted octanol–water partition coefficient (Wildman–Crippen LogP) is 0.135. The van der Waals surface area contributed by atoms with E-state index in [0.717, 1.165) is 11.5 Å². The van der Waals surface area contributed by atoms with Crippen LogP contribution in [0.2, 0.25) is 0 Å². The average molecular weight is 248 g/mol. The van der Waals surface area contributed by atoms with Gasteiger partial charge in [-0.2, -0.15) is 11.8 Å². The molecule has 0 spiro atoms. The van der Waals surface area contributed by atoms with E-state index in [9.17, 15) is 9.59 Å². The SMILES string of the molecule is CCOC(=O)C(N)C(=O)NC(C)CSCC. The Morgan fingerprint density at radius 3 is 2.56 bits per heavy atom. The van der Waals surface area contributed by atoms with Crippen LogP contribution in [0.15, 0.2) is 0 Å². The molecule has 0 aromatic heterocycles. The lowest BCUT2D eigenvalue weighted by Gasteiger charge is -2.16. The summed E-state index contributed by atoms with van der Waals surface area (Å²) in [6.07, 6.45) is 0. The number of amides is 1. The second-order valence-corrected chi connectivity index (χ2v) is 4.62. The van der Waals surface area contributed by atoms with Crippen molar-refractivity contribution in [1.29, 1.82) is 0 Å². The van der Waals surface area contributed by atoms with Crippen molar-refractivity contribution in [3.8, 4) is 0 Å². The highest BCUT2D eigenvalue weighted by Crippen LogP contribution is 2.01. The van der Waals surface area contributed by atoms with Gasteiger partial charge in [-0.15, -0.1) is 0 Å². The Morgan fingerprint density at radius 2 is 2.06 bits per heavy atom. The van der Waals surface area contributed by atoms with Gasteiger partial charge in [0.2, 0.25) is 5.91 Å². The summed E-state index contributed by atoms with van der Waals surface area (Å²) < 4.78 is 4.66. The second kappa shape index (κ2) is 8.41. The lowest BCUT2D eigenvalue weighted by atomic mass is 10.2. The zero-order chi connectivity index (χ0) is 12.6. The molecular weight excluding hydrogens is 228 g/mol. The van der Waals surface area contributed by atoms with Gasteiger partial charge in [0, 0.05) is 11.8 Å². The van der Waals surface area contributed by atoms with Crippen LogP contribution in [-0.4, -0.2) is 42.1 Å². The third-order valence-electron chi connectivity index (χ3n) is 1.78. The van der Waals surface area contributed by atoms with Crippen LogP contribution in [0.25, 0.3) is 0 Å². The van der Waals surface area contributed by atoms with Crippen molar-refractivity contribution >= 4 is 23.6 Å². The summed E-state index contributed by atoms with van der Waals surface area (Å²) in [5.74, 6) is 0.625. The van der Waals surface area contributed by atoms with Crippen LogP contribution in [-0.2, 0) is 14.3 Å². The maximum Gasteiger partial charge on any atom is 0.332 e. The number of ether oxygens (including phenoxy) is 1. The van der Waals surface area contributed by atoms with Crippen molar-refractivity contribution in [3.05, 3.63) is 0 Å². The summed E-state index contributed by atoms with van der Waals surface area (Å²) in [6, 6.07) is -1.23. The van der Waals surface area contributed by atoms with Gasteiger partial charge in [0.25, 0.3) is 0 Å². The maximum absolute atomic E-state index is 11.5. The standard InChI is InChI=1S/C10H20N2O3S/c1-4-15-10(14)8(11)9(13)12-7(3)6-16-5-2/h7-8H,4-6,11H2,1-3H3,(H,12,13). The molecule has 5 nitrogen and oxygen atoms in total. The molecule has 0 saturated carbocycles. The van der Waals surface area contributed by atoms with Crippen molar-refractivity contribution in [2.24, 2.45) is 5.73 Å². The fourth-order valence-corrected chi connectivity index (χ4v) is 1.68. The van der Waals surface area contributed by atoms with Crippen LogP contribution in [0, 0.1) is 0 Å². The van der Waals surface area contributed by atoms with Crippen molar-refractivity contribution in [2.45, 2.75) is 32.9 Å². The number of esters is 1. The molecule has 2 unspecified atom stereocenters. The molecule has 0 bridgehead atoms. The number of thioether (sulfide) groups is 1. The van der Waals surface area contributed by atoms with E-state index in [4.69, 9.17) is 5.73 Å². The van der Waals surface area contributed by atoms with Gasteiger partial charge in [0.15, 0.2) is 6.04 Å². The average Bonchev–Trinajstić information content (AvgIpc) is 2.25. The molecule has 16 heavy (non-hydrogen) atoms. The highest BCUT2D eigenvalue weighted by molar-refractivity contribution is 7.99. The van der Waals surface area contributed by atoms with E-state index in [1.807, 2.05) is 13.8 Å². The van der Waals surface area contributed by atoms with Gasteiger partial charge in [-0.3, -0.25) is 4.79 Å². The van der Waals surface area contributed by atoms with E-state index >= 15 is 0 Å². The van der Waals surface area contributed by atoms with Crippen molar-refractivity contribution in [1.82, 2.24) is 5.32 Å². The highest BCUT2D eigenvalue weighted by atomic mass is 32.2. The summed E-state index contributed by atoms with van der Waals surface area (Å²) in [6.45, 7) is 5.81. The molecule has 0 fully saturated rings. The first-order valence-corrected chi connectivity index (χ1v) is 6.48. The van der Waals surface area contributed by atoms with Crippen LogP contribution in [0.3, 0.4) is 0 Å². The van der Waals surface area contributed by atoms with Crippen LogP contribution in [0.1, 0.15) is 20.8 Å². The highest BCUT2D eigenvalue weighted by Gasteiger charge is 2.24. The largest absolute Gasteiger partial charge is 0.464 e. The second-order valence-electron chi connectivity index (χ2n) is 3.30. The number of carbonyl (C=O) groups is 2. The molecule has 94 valence electrons. The third-order valence-corrected chi connectivity index (χ3v) is 2.93. The van der Waals surface area contributed by atoms with E-state index in [0.29, 0.717) is 0 Å². The lowest BCUT2D eigenvalue weighted by Crippen LogP contribution is -2.49. The normalized spacial score (nSPS) is 14.0. The molecule has 0 heterocycles. The summed E-state index contributed by atoms with van der Waals surface area (Å²) in [5, 5.41) is 2.67. The molecule has 0 aliphatic rings. The Hall–Kier alpha value is -0.750. The Bertz CT molecular complexity index is 236. The Balaban J connectivity index is 3.99. The van der Waals surface area contributed by atoms with Crippen molar-refractivity contribution < 1.29 is 14.3 Å². The molecule has 0 saturated heterocycles. The first kappa shape index (κ1) is 15.2. The Labute approximate surface area is 100 Å². The predicted molar refractivity (Wildman–Crippen MR) is 65.2 cm³/mol. The first-order chi connectivity index (χ1) is 7.52. The summed E-state index contributed by atoms with van der Waals surface area (Å²) in [4.78, 5) is 22.7. The van der Waals surface area contributed by atoms with Crippen molar-refractivity contribution in [2.75, 3.05) is 18.1 Å². The van der Waals surface area contributed by atoms with Crippen LogP contribution >= 0.6 is 11.8 Å². The molecular formula is C10H20N2O3S. The molecule has 1 amide bonds.